The van der Waals surface area contributed by atoms with Crippen molar-refractivity contribution in [1.82, 2.24) is 0 Å². The third-order valence-corrected chi connectivity index (χ3v) is 1.30. The predicted octanol–water partition coefficient (Wildman–Crippen LogP) is 2.72. The van der Waals surface area contributed by atoms with Crippen molar-refractivity contribution in [2.24, 2.45) is 5.41 Å². The summed E-state index contributed by atoms with van der Waals surface area (Å²) in [7, 11) is 0. The fourth-order valence-corrected chi connectivity index (χ4v) is 0.581. The molecule has 0 saturated heterocycles. The largest absolute Gasteiger partial charge is 0.419 e. The minimum absolute atomic E-state index is 0.963. The topological polar surface area (TPSA) is 17.1 Å². The minimum atomic E-state index is -4.61. The van der Waals surface area contributed by atoms with Crippen LogP contribution in [0.3, 0.4) is 0 Å². The lowest BCUT2D eigenvalue weighted by Crippen LogP contribution is -2.29. The van der Waals surface area contributed by atoms with Crippen LogP contribution in [0, 0.1) is 5.41 Å². The third-order valence-electron chi connectivity index (χ3n) is 1.30. The van der Waals surface area contributed by atoms with Gasteiger partial charge in [-0.2, -0.15) is 13.2 Å². The van der Waals surface area contributed by atoms with Crippen molar-refractivity contribution in [3.05, 3.63) is 12.2 Å². The van der Waals surface area contributed by atoms with E-state index >= 15 is 0 Å². The molecule has 0 saturated carbocycles. The molecule has 0 unspecified atom stereocenters. The number of Topliss-reactive ketones (excluding diaryl/α,β-unsaturated/α-hetero) is 1. The van der Waals surface area contributed by atoms with Crippen molar-refractivity contribution in [2.75, 3.05) is 0 Å². The lowest BCUT2D eigenvalue weighted by Gasteiger charge is -2.19. The van der Waals surface area contributed by atoms with Crippen LogP contribution in [0.2, 0.25) is 0 Å². The molecule has 0 aliphatic heterocycles. The van der Waals surface area contributed by atoms with Crippen LogP contribution in [0.25, 0.3) is 0 Å². The number of alkyl halides is 3. The lowest BCUT2D eigenvalue weighted by molar-refractivity contribution is -0.135. The van der Waals surface area contributed by atoms with E-state index in [0.29, 0.717) is 0 Å². The van der Waals surface area contributed by atoms with Crippen molar-refractivity contribution in [3.8, 4) is 0 Å². The first-order chi connectivity index (χ1) is 5.07. The van der Waals surface area contributed by atoms with Gasteiger partial charge in [-0.25, -0.2) is 0 Å². The zero-order valence-corrected chi connectivity index (χ0v) is 7.25. The molecule has 70 valence electrons. The zero-order valence-electron chi connectivity index (χ0n) is 7.25. The molecule has 0 radical (unpaired) electrons. The Morgan fingerprint density at radius 3 is 1.58 bits per heavy atom. The van der Waals surface area contributed by atoms with Gasteiger partial charge in [0.25, 0.3) is 0 Å². The van der Waals surface area contributed by atoms with Crippen LogP contribution < -0.4 is 0 Å². The molecule has 0 bridgehead atoms. The van der Waals surface area contributed by atoms with E-state index in [2.05, 4.69) is 6.58 Å². The molecule has 0 aromatic carbocycles. The summed E-state index contributed by atoms with van der Waals surface area (Å²) in [5.74, 6) is -0.963. The SMILES string of the molecule is C=C(C(=O)C(C)(C)C)C(F)(F)F. The minimum Gasteiger partial charge on any atom is -0.294 e. The molecule has 0 aliphatic carbocycles. The molecule has 0 rings (SSSR count). The van der Waals surface area contributed by atoms with Gasteiger partial charge >= 0.3 is 6.18 Å². The summed E-state index contributed by atoms with van der Waals surface area (Å²) in [5.41, 5.74) is -2.30. The lowest BCUT2D eigenvalue weighted by atomic mass is 9.87. The fraction of sp³-hybridized carbons (Fsp3) is 0.625. The average Bonchev–Trinajstić information content (AvgIpc) is 1.80. The van der Waals surface area contributed by atoms with Crippen molar-refractivity contribution in [1.29, 1.82) is 0 Å². The van der Waals surface area contributed by atoms with Crippen molar-refractivity contribution >= 4 is 5.78 Å². The summed E-state index contributed by atoms with van der Waals surface area (Å²) in [4.78, 5) is 11.0. The number of hydrogen-bond donors (Lipinski definition) is 0. The molecule has 0 aromatic rings. The number of carbonyl (C=O) groups is 1. The Kier molecular flexibility index (Phi) is 2.72. The second kappa shape index (κ2) is 2.92. The van der Waals surface area contributed by atoms with Crippen LogP contribution in [-0.2, 0) is 4.79 Å². The predicted molar refractivity (Wildman–Crippen MR) is 39.7 cm³/mol. The molecule has 0 aliphatic rings. The Bertz CT molecular complexity index is 183. The number of ketones is 1. The third kappa shape index (κ3) is 2.68. The van der Waals surface area contributed by atoms with Crippen molar-refractivity contribution in [2.45, 2.75) is 26.9 Å². The number of halogens is 3. The van der Waals surface area contributed by atoms with E-state index in [1.54, 1.807) is 0 Å². The van der Waals surface area contributed by atoms with Crippen LogP contribution in [0.4, 0.5) is 13.2 Å². The van der Waals surface area contributed by atoms with Crippen LogP contribution >= 0.6 is 0 Å². The smallest absolute Gasteiger partial charge is 0.294 e. The Morgan fingerprint density at radius 1 is 1.17 bits per heavy atom. The summed E-state index contributed by atoms with van der Waals surface area (Å²) >= 11 is 0. The summed E-state index contributed by atoms with van der Waals surface area (Å²) in [5, 5.41) is 0. The standard InChI is InChI=1S/C8H11F3O/c1-5(8(9,10)11)6(12)7(2,3)4/h1H2,2-4H3. The summed E-state index contributed by atoms with van der Waals surface area (Å²) in [6, 6.07) is 0. The first kappa shape index (κ1) is 11.2. The highest BCUT2D eigenvalue weighted by atomic mass is 19.4. The molecular formula is C8H11F3O. The summed E-state index contributed by atoms with van der Waals surface area (Å²) < 4.78 is 35.7. The molecule has 0 fully saturated rings. The maximum atomic E-state index is 11.9. The van der Waals surface area contributed by atoms with Gasteiger partial charge in [-0.15, -0.1) is 0 Å². The van der Waals surface area contributed by atoms with E-state index in [1.807, 2.05) is 0 Å². The Morgan fingerprint density at radius 2 is 1.50 bits per heavy atom. The highest BCUT2D eigenvalue weighted by molar-refractivity contribution is 5.99. The zero-order chi connectivity index (χ0) is 10.2. The average molecular weight is 180 g/mol. The first-order valence-corrected chi connectivity index (χ1v) is 3.37. The number of allylic oxidation sites excluding steroid dienone is 1. The van der Waals surface area contributed by atoms with E-state index in [-0.39, 0.29) is 0 Å². The maximum Gasteiger partial charge on any atom is 0.419 e. The van der Waals surface area contributed by atoms with Crippen molar-refractivity contribution in [3.63, 3.8) is 0 Å². The highest BCUT2D eigenvalue weighted by Gasteiger charge is 2.40. The molecule has 0 spiro atoms. The van der Waals surface area contributed by atoms with Gasteiger partial charge < -0.3 is 0 Å². The molecular weight excluding hydrogens is 169 g/mol. The molecule has 4 heteroatoms. The van der Waals surface area contributed by atoms with E-state index in [1.165, 1.54) is 20.8 Å². The molecule has 1 nitrogen and oxygen atoms in total. The van der Waals surface area contributed by atoms with Crippen LogP contribution in [0.5, 0.6) is 0 Å². The Labute approximate surface area is 69.3 Å². The van der Waals surface area contributed by atoms with Crippen LogP contribution in [0.1, 0.15) is 20.8 Å². The van der Waals surface area contributed by atoms with Crippen LogP contribution in [0.15, 0.2) is 12.2 Å². The normalized spacial score (nSPS) is 12.8. The van der Waals surface area contributed by atoms with E-state index in [9.17, 15) is 18.0 Å². The number of hydrogen-bond acceptors (Lipinski definition) is 1. The number of rotatable bonds is 1. The molecule has 12 heavy (non-hydrogen) atoms. The summed E-state index contributed by atoms with van der Waals surface area (Å²) in [6.07, 6.45) is -4.61. The van der Waals surface area contributed by atoms with E-state index in [0.717, 1.165) is 0 Å². The quantitative estimate of drug-likeness (QED) is 0.567. The highest BCUT2D eigenvalue weighted by Crippen LogP contribution is 2.30. The van der Waals surface area contributed by atoms with Gasteiger partial charge in [-0.1, -0.05) is 27.4 Å². The fourth-order valence-electron chi connectivity index (χ4n) is 0.581. The second-order valence-electron chi connectivity index (χ2n) is 3.56. The Hall–Kier alpha value is -0.800. The van der Waals surface area contributed by atoms with Crippen molar-refractivity contribution < 1.29 is 18.0 Å². The van der Waals surface area contributed by atoms with Crippen LogP contribution in [-0.4, -0.2) is 12.0 Å². The van der Waals surface area contributed by atoms with Gasteiger partial charge in [-0.05, 0) is 0 Å². The first-order valence-electron chi connectivity index (χ1n) is 3.37. The molecule has 0 N–H and O–H groups in total. The molecule has 0 amide bonds. The Balaban J connectivity index is 4.66. The number of carbonyl (C=O) groups excluding carboxylic acids is 1. The monoisotopic (exact) mass is 180 g/mol. The van der Waals surface area contributed by atoms with E-state index < -0.39 is 22.9 Å². The summed E-state index contributed by atoms with van der Waals surface area (Å²) in [6.45, 7) is 6.99. The van der Waals surface area contributed by atoms with Gasteiger partial charge in [0.05, 0.1) is 5.57 Å². The molecule has 0 aromatic heterocycles. The van der Waals surface area contributed by atoms with Gasteiger partial charge in [0.1, 0.15) is 0 Å². The van der Waals surface area contributed by atoms with E-state index in [4.69, 9.17) is 0 Å². The molecule has 0 atom stereocenters. The maximum absolute atomic E-state index is 11.9. The van der Waals surface area contributed by atoms with Gasteiger partial charge in [0, 0.05) is 5.41 Å². The van der Waals surface area contributed by atoms with Gasteiger partial charge in [0.2, 0.25) is 0 Å². The van der Waals surface area contributed by atoms with Gasteiger partial charge in [0.15, 0.2) is 5.78 Å². The van der Waals surface area contributed by atoms with Gasteiger partial charge in [-0.3, -0.25) is 4.79 Å². The second-order valence-corrected chi connectivity index (χ2v) is 3.56. The molecule has 0 heterocycles.